The predicted octanol–water partition coefficient (Wildman–Crippen LogP) is 2.46. The number of hydrogen-bond acceptors (Lipinski definition) is 3. The molecule has 0 spiro atoms. The minimum atomic E-state index is -1.07. The highest BCUT2D eigenvalue weighted by atomic mass is 32.2. The third-order valence-electron chi connectivity index (χ3n) is 4.78. The Morgan fingerprint density at radius 2 is 1.81 bits per heavy atom. The van der Waals surface area contributed by atoms with Crippen LogP contribution in [0.5, 0.6) is 0 Å². The lowest BCUT2D eigenvalue weighted by Gasteiger charge is -2.36. The van der Waals surface area contributed by atoms with Gasteiger partial charge in [-0.25, -0.2) is 9.59 Å². The van der Waals surface area contributed by atoms with E-state index in [0.717, 1.165) is 37.2 Å². The lowest BCUT2D eigenvalue weighted by molar-refractivity contribution is -0.146. The van der Waals surface area contributed by atoms with E-state index in [4.69, 9.17) is 0 Å². The van der Waals surface area contributed by atoms with E-state index in [2.05, 4.69) is 17.6 Å². The van der Waals surface area contributed by atoms with Crippen LogP contribution in [0.1, 0.15) is 45.4 Å². The van der Waals surface area contributed by atoms with Crippen molar-refractivity contribution in [2.75, 3.05) is 18.1 Å². The first kappa shape index (κ1) is 16.5. The molecule has 1 saturated heterocycles. The number of aliphatic carboxylic acids is 1. The molecule has 1 saturated carbocycles. The van der Waals surface area contributed by atoms with Crippen molar-refractivity contribution in [1.29, 1.82) is 0 Å². The maximum atomic E-state index is 12.1. The van der Waals surface area contributed by atoms with Gasteiger partial charge in [0.05, 0.1) is 0 Å². The molecular formula is C15H26N2O3S. The first-order chi connectivity index (χ1) is 10.0. The number of amides is 2. The second kappa shape index (κ2) is 7.38. The molecule has 2 amide bonds. The fourth-order valence-corrected chi connectivity index (χ4v) is 4.30. The van der Waals surface area contributed by atoms with Gasteiger partial charge in [0.2, 0.25) is 0 Å². The lowest BCUT2D eigenvalue weighted by Crippen LogP contribution is -2.59. The van der Waals surface area contributed by atoms with Gasteiger partial charge in [-0.2, -0.15) is 11.8 Å². The Morgan fingerprint density at radius 1 is 1.19 bits per heavy atom. The van der Waals surface area contributed by atoms with E-state index in [9.17, 15) is 14.7 Å². The van der Waals surface area contributed by atoms with E-state index in [0.29, 0.717) is 31.2 Å². The van der Waals surface area contributed by atoms with Gasteiger partial charge in [0, 0.05) is 6.54 Å². The number of hydrogen-bond donors (Lipinski definition) is 3. The Balaban J connectivity index is 1.82. The van der Waals surface area contributed by atoms with Gasteiger partial charge in [-0.15, -0.1) is 0 Å². The molecule has 0 unspecified atom stereocenters. The van der Waals surface area contributed by atoms with E-state index in [1.54, 1.807) is 0 Å². The molecule has 0 aromatic rings. The molecule has 0 aromatic carbocycles. The molecular weight excluding hydrogens is 288 g/mol. The second-order valence-electron chi connectivity index (χ2n) is 6.46. The topological polar surface area (TPSA) is 78.4 Å². The highest BCUT2D eigenvalue weighted by Crippen LogP contribution is 2.32. The zero-order valence-corrected chi connectivity index (χ0v) is 13.5. The predicted molar refractivity (Wildman–Crippen MR) is 84.6 cm³/mol. The number of thioether (sulfide) groups is 1. The highest BCUT2D eigenvalue weighted by Gasteiger charge is 2.42. The Bertz CT molecular complexity index is 375. The summed E-state index contributed by atoms with van der Waals surface area (Å²) < 4.78 is 0. The van der Waals surface area contributed by atoms with E-state index in [1.165, 1.54) is 0 Å². The molecule has 2 aliphatic rings. The Labute approximate surface area is 130 Å². The van der Waals surface area contributed by atoms with Crippen LogP contribution >= 0.6 is 11.8 Å². The first-order valence-corrected chi connectivity index (χ1v) is 9.04. The molecule has 2 fully saturated rings. The maximum absolute atomic E-state index is 12.1. The van der Waals surface area contributed by atoms with Crippen LogP contribution in [0.4, 0.5) is 4.79 Å². The van der Waals surface area contributed by atoms with Crippen LogP contribution in [0, 0.1) is 11.8 Å². The molecule has 21 heavy (non-hydrogen) atoms. The van der Waals surface area contributed by atoms with Crippen molar-refractivity contribution in [2.24, 2.45) is 11.8 Å². The average molecular weight is 314 g/mol. The summed E-state index contributed by atoms with van der Waals surface area (Å²) in [5, 5.41) is 15.1. The fourth-order valence-electron chi connectivity index (χ4n) is 3.10. The smallest absolute Gasteiger partial charge is 0.329 e. The number of carbonyl (C=O) groups is 2. The second-order valence-corrected chi connectivity index (χ2v) is 7.69. The van der Waals surface area contributed by atoms with Gasteiger partial charge < -0.3 is 15.7 Å². The molecule has 6 heteroatoms. The summed E-state index contributed by atoms with van der Waals surface area (Å²) in [5.74, 6) is 2.49. The monoisotopic (exact) mass is 314 g/mol. The third kappa shape index (κ3) is 4.53. The molecule has 1 heterocycles. The number of carboxylic acids is 1. The largest absolute Gasteiger partial charge is 0.480 e. The van der Waals surface area contributed by atoms with Crippen molar-refractivity contribution in [3.8, 4) is 0 Å². The Morgan fingerprint density at radius 3 is 2.38 bits per heavy atom. The van der Waals surface area contributed by atoms with E-state index >= 15 is 0 Å². The molecule has 0 bridgehead atoms. The van der Waals surface area contributed by atoms with Crippen LogP contribution in [-0.4, -0.2) is 40.7 Å². The Hall–Kier alpha value is -0.910. The molecule has 5 nitrogen and oxygen atoms in total. The summed E-state index contributed by atoms with van der Waals surface area (Å²) in [7, 11) is 0. The van der Waals surface area contributed by atoms with Crippen LogP contribution in [0.3, 0.4) is 0 Å². The maximum Gasteiger partial charge on any atom is 0.329 e. The number of rotatable bonds is 4. The zero-order valence-electron chi connectivity index (χ0n) is 12.7. The summed E-state index contributed by atoms with van der Waals surface area (Å²) in [5.41, 5.74) is -1.07. The number of carboxylic acid groups (broad SMARTS) is 1. The first-order valence-electron chi connectivity index (χ1n) is 7.89. The number of nitrogens with one attached hydrogen (secondary N) is 2. The molecule has 0 atom stereocenters. The molecule has 3 N–H and O–H groups in total. The molecule has 2 rings (SSSR count). The van der Waals surface area contributed by atoms with Crippen LogP contribution in [0.2, 0.25) is 0 Å². The summed E-state index contributed by atoms with van der Waals surface area (Å²) >= 11 is 1.96. The minimum Gasteiger partial charge on any atom is -0.480 e. The van der Waals surface area contributed by atoms with Gasteiger partial charge in [0.25, 0.3) is 0 Å². The summed E-state index contributed by atoms with van der Waals surface area (Å²) in [4.78, 5) is 23.6. The van der Waals surface area contributed by atoms with Gasteiger partial charge in [-0.1, -0.05) is 6.92 Å². The minimum absolute atomic E-state index is 0.329. The summed E-state index contributed by atoms with van der Waals surface area (Å²) in [6.07, 6.45) is 5.02. The standard InChI is InChI=1S/C15H26N2O3S/c1-11-2-6-15(7-3-11,13(18)19)17-14(20)16-10-12-4-8-21-9-5-12/h11-12H,2-10H2,1H3,(H,18,19)(H2,16,17,20). The van der Waals surface area contributed by atoms with Gasteiger partial charge in [-0.3, -0.25) is 0 Å². The molecule has 1 aliphatic heterocycles. The van der Waals surface area contributed by atoms with Crippen LogP contribution < -0.4 is 10.6 Å². The van der Waals surface area contributed by atoms with Gasteiger partial charge >= 0.3 is 12.0 Å². The molecule has 120 valence electrons. The van der Waals surface area contributed by atoms with Gasteiger partial charge in [0.15, 0.2) is 0 Å². The average Bonchev–Trinajstić information content (AvgIpc) is 2.48. The van der Waals surface area contributed by atoms with Crippen LogP contribution in [0.15, 0.2) is 0 Å². The van der Waals surface area contributed by atoms with Crippen molar-refractivity contribution in [2.45, 2.75) is 51.0 Å². The highest BCUT2D eigenvalue weighted by molar-refractivity contribution is 7.99. The zero-order chi connectivity index (χ0) is 15.3. The lowest BCUT2D eigenvalue weighted by atomic mass is 9.77. The van der Waals surface area contributed by atoms with Crippen molar-refractivity contribution in [1.82, 2.24) is 10.6 Å². The SMILES string of the molecule is CC1CCC(NC(=O)NCC2CCSCC2)(C(=O)O)CC1. The molecule has 0 radical (unpaired) electrons. The summed E-state index contributed by atoms with van der Waals surface area (Å²) in [6.45, 7) is 2.78. The normalized spacial score (nSPS) is 30.6. The Kier molecular flexibility index (Phi) is 5.79. The van der Waals surface area contributed by atoms with Crippen LogP contribution in [-0.2, 0) is 4.79 Å². The van der Waals surface area contributed by atoms with E-state index in [-0.39, 0.29) is 6.03 Å². The number of carbonyl (C=O) groups excluding carboxylic acids is 1. The van der Waals surface area contributed by atoms with Gasteiger partial charge in [-0.05, 0) is 61.9 Å². The van der Waals surface area contributed by atoms with E-state index in [1.807, 2.05) is 11.8 Å². The van der Waals surface area contributed by atoms with Crippen molar-refractivity contribution < 1.29 is 14.7 Å². The summed E-state index contributed by atoms with van der Waals surface area (Å²) in [6, 6.07) is -0.329. The number of urea groups is 1. The van der Waals surface area contributed by atoms with Crippen molar-refractivity contribution >= 4 is 23.8 Å². The molecule has 0 aromatic heterocycles. The third-order valence-corrected chi connectivity index (χ3v) is 5.83. The van der Waals surface area contributed by atoms with Gasteiger partial charge in [0.1, 0.15) is 5.54 Å². The molecule has 1 aliphatic carbocycles. The quantitative estimate of drug-likeness (QED) is 0.745. The van der Waals surface area contributed by atoms with Crippen molar-refractivity contribution in [3.63, 3.8) is 0 Å². The fraction of sp³-hybridized carbons (Fsp3) is 0.867. The van der Waals surface area contributed by atoms with Crippen LogP contribution in [0.25, 0.3) is 0 Å². The van der Waals surface area contributed by atoms with E-state index < -0.39 is 11.5 Å². The van der Waals surface area contributed by atoms with Crippen molar-refractivity contribution in [3.05, 3.63) is 0 Å².